The molecular weight excluding hydrogens is 386 g/mol. The van der Waals surface area contributed by atoms with Crippen molar-refractivity contribution in [2.45, 2.75) is 51.9 Å². The Labute approximate surface area is 176 Å². The van der Waals surface area contributed by atoms with E-state index < -0.39 is 0 Å². The zero-order valence-electron chi connectivity index (χ0n) is 17.4. The van der Waals surface area contributed by atoms with Gasteiger partial charge in [0.1, 0.15) is 0 Å². The van der Waals surface area contributed by atoms with Crippen LogP contribution in [0.4, 0.5) is 5.13 Å². The van der Waals surface area contributed by atoms with Gasteiger partial charge in [0.05, 0.1) is 12.2 Å². The van der Waals surface area contributed by atoms with Crippen LogP contribution in [0.3, 0.4) is 0 Å². The maximum absolute atomic E-state index is 12.5. The number of likely N-dealkylation sites (tertiary alicyclic amines) is 1. The second kappa shape index (κ2) is 8.32. The lowest BCUT2D eigenvalue weighted by Crippen LogP contribution is -2.36. The van der Waals surface area contributed by atoms with Crippen molar-refractivity contribution < 1.29 is 14.3 Å². The molecule has 29 heavy (non-hydrogen) atoms. The Morgan fingerprint density at radius 2 is 1.93 bits per heavy atom. The van der Waals surface area contributed by atoms with Gasteiger partial charge in [-0.25, -0.2) is 4.98 Å². The van der Waals surface area contributed by atoms with Gasteiger partial charge in [0, 0.05) is 16.7 Å². The fourth-order valence-corrected chi connectivity index (χ4v) is 5.05. The summed E-state index contributed by atoms with van der Waals surface area (Å²) < 4.78 is 10.9. The summed E-state index contributed by atoms with van der Waals surface area (Å²) in [6.07, 6.45) is 4.38. The number of piperidine rings is 1. The third kappa shape index (κ3) is 4.90. The highest BCUT2D eigenvalue weighted by Gasteiger charge is 2.25. The van der Waals surface area contributed by atoms with Crippen molar-refractivity contribution in [2.75, 3.05) is 31.7 Å². The van der Waals surface area contributed by atoms with Crippen molar-refractivity contribution in [3.63, 3.8) is 0 Å². The number of ether oxygens (including phenoxy) is 2. The third-order valence-corrected chi connectivity index (χ3v) is 6.24. The molecule has 7 heteroatoms. The Morgan fingerprint density at radius 3 is 2.69 bits per heavy atom. The largest absolute Gasteiger partial charge is 0.454 e. The van der Waals surface area contributed by atoms with Gasteiger partial charge in [0.15, 0.2) is 16.6 Å². The monoisotopic (exact) mass is 415 g/mol. The van der Waals surface area contributed by atoms with Crippen molar-refractivity contribution in [1.82, 2.24) is 9.88 Å². The Morgan fingerprint density at radius 1 is 1.17 bits per heavy atom. The summed E-state index contributed by atoms with van der Waals surface area (Å²) in [7, 11) is 0. The fraction of sp³-hybridized carbons (Fsp3) is 0.545. The van der Waals surface area contributed by atoms with Crippen LogP contribution in [0.25, 0.3) is 0 Å². The van der Waals surface area contributed by atoms with E-state index in [2.05, 4.69) is 37.1 Å². The van der Waals surface area contributed by atoms with E-state index in [1.54, 1.807) is 11.3 Å². The van der Waals surface area contributed by atoms with Crippen LogP contribution < -0.4 is 14.8 Å². The van der Waals surface area contributed by atoms with E-state index in [1.807, 2.05) is 12.1 Å². The van der Waals surface area contributed by atoms with Crippen LogP contribution in [0, 0.1) is 0 Å². The third-order valence-electron chi connectivity index (χ3n) is 5.27. The Bertz CT molecular complexity index is 882. The molecule has 1 aromatic heterocycles. The lowest BCUT2D eigenvalue weighted by molar-refractivity contribution is -0.117. The highest BCUT2D eigenvalue weighted by Crippen LogP contribution is 2.37. The summed E-state index contributed by atoms with van der Waals surface area (Å²) in [4.78, 5) is 20.7. The zero-order valence-corrected chi connectivity index (χ0v) is 18.2. The van der Waals surface area contributed by atoms with E-state index >= 15 is 0 Å². The van der Waals surface area contributed by atoms with Crippen LogP contribution in [-0.4, -0.2) is 42.2 Å². The number of aromatic nitrogens is 1. The van der Waals surface area contributed by atoms with Gasteiger partial charge in [0.2, 0.25) is 12.7 Å². The smallest absolute Gasteiger partial charge is 0.240 e. The lowest BCUT2D eigenvalue weighted by Gasteiger charge is -2.25. The molecule has 2 aliphatic heterocycles. The number of carbonyl (C=O) groups is 1. The summed E-state index contributed by atoms with van der Waals surface area (Å²) in [6.45, 7) is 9.21. The minimum atomic E-state index is -0.0992. The summed E-state index contributed by atoms with van der Waals surface area (Å²) >= 11 is 1.57. The Hall–Kier alpha value is -2.12. The molecule has 3 heterocycles. The molecule has 0 aliphatic carbocycles. The molecule has 1 amide bonds. The predicted octanol–water partition coefficient (Wildman–Crippen LogP) is 4.18. The molecule has 0 saturated carbocycles. The number of carbonyl (C=O) groups excluding carboxylic acids is 1. The number of nitrogens with zero attached hydrogens (tertiary/aromatic N) is 2. The van der Waals surface area contributed by atoms with E-state index in [-0.39, 0.29) is 18.1 Å². The molecule has 1 saturated heterocycles. The van der Waals surface area contributed by atoms with Gasteiger partial charge in [-0.1, -0.05) is 33.3 Å². The van der Waals surface area contributed by atoms with Crippen molar-refractivity contribution >= 4 is 22.4 Å². The molecule has 1 fully saturated rings. The highest BCUT2D eigenvalue weighted by molar-refractivity contribution is 7.15. The molecule has 156 valence electrons. The van der Waals surface area contributed by atoms with Crippen LogP contribution in [-0.2, 0) is 16.6 Å². The number of nitrogens with one attached hydrogen (secondary N) is 1. The molecule has 0 atom stereocenters. The molecule has 2 aromatic rings. The number of fused-ring (bicyclic) bond motifs is 1. The molecular formula is C22H29N3O3S. The summed E-state index contributed by atoms with van der Waals surface area (Å²) in [5, 5.41) is 3.72. The molecule has 1 aromatic carbocycles. The summed E-state index contributed by atoms with van der Waals surface area (Å²) in [6, 6.07) is 6.05. The van der Waals surface area contributed by atoms with Gasteiger partial charge in [-0.15, -0.1) is 11.3 Å². The van der Waals surface area contributed by atoms with Crippen LogP contribution in [0.1, 0.15) is 56.2 Å². The molecule has 1 N–H and O–H groups in total. The van der Waals surface area contributed by atoms with Gasteiger partial charge in [-0.2, -0.15) is 0 Å². The number of thiazole rings is 1. The van der Waals surface area contributed by atoms with Crippen molar-refractivity contribution in [3.8, 4) is 11.5 Å². The maximum atomic E-state index is 12.5. The van der Waals surface area contributed by atoms with Crippen molar-refractivity contribution in [2.24, 2.45) is 0 Å². The zero-order chi connectivity index (χ0) is 20.4. The maximum Gasteiger partial charge on any atom is 0.240 e. The van der Waals surface area contributed by atoms with Crippen molar-refractivity contribution in [1.29, 1.82) is 0 Å². The van der Waals surface area contributed by atoms with Gasteiger partial charge >= 0.3 is 0 Å². The van der Waals surface area contributed by atoms with E-state index in [0.717, 1.165) is 42.3 Å². The molecule has 0 bridgehead atoms. The number of anilines is 1. The standard InChI is InChI=1S/C22H29N3O3S/c1-22(2,3)20-18(12-15-7-8-16-17(11-15)28-14-27-16)29-21(24-20)23-19(26)13-25-9-5-4-6-10-25/h7-8,11H,4-6,9-10,12-14H2,1-3H3,(H,23,24,26). The van der Waals surface area contributed by atoms with E-state index in [1.165, 1.54) is 24.1 Å². The molecule has 0 spiro atoms. The molecule has 2 aliphatic rings. The topological polar surface area (TPSA) is 63.7 Å². The van der Waals surface area contributed by atoms with Crippen LogP contribution in [0.15, 0.2) is 18.2 Å². The quantitative estimate of drug-likeness (QED) is 0.794. The fourth-order valence-electron chi connectivity index (χ4n) is 3.83. The second-order valence-corrected chi connectivity index (χ2v) is 9.87. The van der Waals surface area contributed by atoms with E-state index in [0.29, 0.717) is 11.7 Å². The highest BCUT2D eigenvalue weighted by atomic mass is 32.1. The van der Waals surface area contributed by atoms with Crippen molar-refractivity contribution in [3.05, 3.63) is 34.3 Å². The SMILES string of the molecule is CC(C)(C)c1nc(NC(=O)CN2CCCCC2)sc1Cc1ccc2c(c1)OCO2. The van der Waals surface area contributed by atoms with Gasteiger partial charge < -0.3 is 14.8 Å². The number of hydrogen-bond donors (Lipinski definition) is 1. The first kappa shape index (κ1) is 20.2. The summed E-state index contributed by atoms with van der Waals surface area (Å²) in [5.41, 5.74) is 2.08. The van der Waals surface area contributed by atoms with Gasteiger partial charge in [0.25, 0.3) is 0 Å². The Kier molecular flexibility index (Phi) is 5.79. The minimum Gasteiger partial charge on any atom is -0.454 e. The Balaban J connectivity index is 1.49. The first-order valence-corrected chi connectivity index (χ1v) is 11.1. The molecule has 6 nitrogen and oxygen atoms in total. The second-order valence-electron chi connectivity index (χ2n) is 8.79. The van der Waals surface area contributed by atoms with E-state index in [9.17, 15) is 4.79 Å². The summed E-state index contributed by atoms with van der Waals surface area (Å²) in [5.74, 6) is 1.61. The predicted molar refractivity (Wildman–Crippen MR) is 115 cm³/mol. The molecule has 4 rings (SSSR count). The molecule has 0 radical (unpaired) electrons. The normalized spacial score (nSPS) is 16.8. The van der Waals surface area contributed by atoms with Gasteiger partial charge in [-0.05, 0) is 43.6 Å². The van der Waals surface area contributed by atoms with E-state index in [4.69, 9.17) is 14.5 Å². The molecule has 0 unspecified atom stereocenters. The number of amides is 1. The number of hydrogen-bond acceptors (Lipinski definition) is 6. The minimum absolute atomic E-state index is 0.0238. The lowest BCUT2D eigenvalue weighted by atomic mass is 9.90. The van der Waals surface area contributed by atoms with Gasteiger partial charge in [-0.3, -0.25) is 9.69 Å². The van der Waals surface area contributed by atoms with Crippen LogP contribution >= 0.6 is 11.3 Å². The average molecular weight is 416 g/mol. The number of benzene rings is 1. The van der Waals surface area contributed by atoms with Crippen LogP contribution in [0.2, 0.25) is 0 Å². The average Bonchev–Trinajstić information content (AvgIpc) is 3.28. The first-order valence-electron chi connectivity index (χ1n) is 10.3. The first-order chi connectivity index (χ1) is 13.9. The number of rotatable bonds is 5. The van der Waals surface area contributed by atoms with Crippen LogP contribution in [0.5, 0.6) is 11.5 Å².